The summed E-state index contributed by atoms with van der Waals surface area (Å²) in [6.45, 7) is 3.93. The van der Waals surface area contributed by atoms with Gasteiger partial charge < -0.3 is 5.32 Å². The van der Waals surface area contributed by atoms with Crippen LogP contribution >= 0.6 is 0 Å². The molecule has 0 saturated carbocycles. The summed E-state index contributed by atoms with van der Waals surface area (Å²) in [5, 5.41) is 3.33. The maximum atomic E-state index is 13.2. The molecule has 2 aromatic carbocycles. The lowest BCUT2D eigenvalue weighted by molar-refractivity contribution is 0.487. The Morgan fingerprint density at radius 3 is 1.89 bits per heavy atom. The molecule has 3 heteroatoms. The average molecular weight is 261 g/mol. The first-order valence-corrected chi connectivity index (χ1v) is 6.33. The monoisotopic (exact) mass is 261 g/mol. The molecule has 2 rings (SSSR count). The van der Waals surface area contributed by atoms with Crippen molar-refractivity contribution >= 4 is 0 Å². The van der Waals surface area contributed by atoms with Gasteiger partial charge in [-0.05, 0) is 37.1 Å². The van der Waals surface area contributed by atoms with Crippen LogP contribution in [0.5, 0.6) is 0 Å². The van der Waals surface area contributed by atoms with Gasteiger partial charge in [0.25, 0.3) is 0 Å². The maximum Gasteiger partial charge on any atom is 0.126 e. The number of rotatable bonds is 4. The molecule has 0 aromatic heterocycles. The van der Waals surface area contributed by atoms with Gasteiger partial charge in [0.1, 0.15) is 11.6 Å². The fourth-order valence-corrected chi connectivity index (χ4v) is 2.13. The number of halogens is 2. The predicted octanol–water partition coefficient (Wildman–Crippen LogP) is 4.38. The van der Waals surface area contributed by atoms with Crippen LogP contribution in [0.15, 0.2) is 48.5 Å². The van der Waals surface area contributed by atoms with Crippen molar-refractivity contribution in [2.24, 2.45) is 0 Å². The van der Waals surface area contributed by atoms with E-state index in [1.165, 1.54) is 12.1 Å². The van der Waals surface area contributed by atoms with Crippen LogP contribution in [0.25, 0.3) is 0 Å². The summed E-state index contributed by atoms with van der Waals surface area (Å²) in [4.78, 5) is 0. The summed E-state index contributed by atoms with van der Waals surface area (Å²) in [6.07, 6.45) is 0. The van der Waals surface area contributed by atoms with Gasteiger partial charge in [0.15, 0.2) is 0 Å². The topological polar surface area (TPSA) is 12.0 Å². The van der Waals surface area contributed by atoms with Crippen molar-refractivity contribution in [3.05, 3.63) is 71.3 Å². The van der Waals surface area contributed by atoms with E-state index in [4.69, 9.17) is 0 Å². The average Bonchev–Trinajstić information content (AvgIpc) is 2.38. The van der Waals surface area contributed by atoms with Crippen molar-refractivity contribution in [3.63, 3.8) is 0 Å². The maximum absolute atomic E-state index is 13.2. The number of nitrogens with one attached hydrogen (secondary N) is 1. The van der Waals surface area contributed by atoms with Crippen LogP contribution in [0.3, 0.4) is 0 Å². The van der Waals surface area contributed by atoms with Gasteiger partial charge in [-0.25, -0.2) is 8.78 Å². The molecular weight excluding hydrogens is 244 g/mol. The highest BCUT2D eigenvalue weighted by molar-refractivity contribution is 5.23. The first-order valence-electron chi connectivity index (χ1n) is 6.33. The van der Waals surface area contributed by atoms with Crippen LogP contribution in [0.4, 0.5) is 8.78 Å². The van der Waals surface area contributed by atoms with E-state index in [1.54, 1.807) is 0 Å². The first-order chi connectivity index (χ1) is 9.06. The van der Waals surface area contributed by atoms with E-state index in [0.29, 0.717) is 5.56 Å². The zero-order chi connectivity index (χ0) is 13.8. The van der Waals surface area contributed by atoms with Crippen LogP contribution < -0.4 is 5.32 Å². The lowest BCUT2D eigenvalue weighted by atomic mass is 10.0. The molecule has 1 N–H and O–H groups in total. The van der Waals surface area contributed by atoms with Gasteiger partial charge in [-0.15, -0.1) is 0 Å². The first kappa shape index (κ1) is 13.7. The minimum atomic E-state index is -0.545. The van der Waals surface area contributed by atoms with Gasteiger partial charge in [-0.3, -0.25) is 0 Å². The molecule has 0 aliphatic heterocycles. The standard InChI is InChI=1S/C16H17F2N/c1-11(13-6-4-3-5-7-13)19-12(2)14-8-15(17)10-16(18)9-14/h3-12,19H,1-2H3/t11-,12-/m0/s1. The van der Waals surface area contributed by atoms with Crippen molar-refractivity contribution in [1.29, 1.82) is 0 Å². The molecule has 0 heterocycles. The molecule has 2 atom stereocenters. The highest BCUT2D eigenvalue weighted by atomic mass is 19.1. The van der Waals surface area contributed by atoms with Crippen molar-refractivity contribution in [2.75, 3.05) is 0 Å². The Morgan fingerprint density at radius 2 is 1.32 bits per heavy atom. The second-order valence-corrected chi connectivity index (χ2v) is 4.72. The Balaban J connectivity index is 2.10. The minimum Gasteiger partial charge on any atom is -0.304 e. The predicted molar refractivity (Wildman–Crippen MR) is 72.8 cm³/mol. The van der Waals surface area contributed by atoms with Gasteiger partial charge >= 0.3 is 0 Å². The van der Waals surface area contributed by atoms with E-state index in [-0.39, 0.29) is 12.1 Å². The summed E-state index contributed by atoms with van der Waals surface area (Å²) in [7, 11) is 0. The Morgan fingerprint density at radius 1 is 0.789 bits per heavy atom. The van der Waals surface area contributed by atoms with Crippen molar-refractivity contribution in [2.45, 2.75) is 25.9 Å². The molecule has 100 valence electrons. The minimum absolute atomic E-state index is 0.113. The summed E-state index contributed by atoms with van der Waals surface area (Å²) < 4.78 is 26.4. The molecule has 2 aromatic rings. The molecule has 0 saturated heterocycles. The van der Waals surface area contributed by atoms with Crippen molar-refractivity contribution in [1.82, 2.24) is 5.32 Å². The quantitative estimate of drug-likeness (QED) is 0.861. The lowest BCUT2D eigenvalue weighted by Crippen LogP contribution is -2.22. The van der Waals surface area contributed by atoms with E-state index in [9.17, 15) is 8.78 Å². The Hall–Kier alpha value is -1.74. The van der Waals surface area contributed by atoms with Gasteiger partial charge in [-0.1, -0.05) is 30.3 Å². The highest BCUT2D eigenvalue weighted by Gasteiger charge is 2.12. The number of benzene rings is 2. The molecule has 0 unspecified atom stereocenters. The van der Waals surface area contributed by atoms with E-state index in [0.717, 1.165) is 11.6 Å². The summed E-state index contributed by atoms with van der Waals surface area (Å²) in [5.41, 5.74) is 1.76. The Labute approximate surface area is 112 Å². The molecule has 0 amide bonds. The second kappa shape index (κ2) is 5.93. The second-order valence-electron chi connectivity index (χ2n) is 4.72. The third-order valence-electron chi connectivity index (χ3n) is 3.18. The Kier molecular flexibility index (Phi) is 4.27. The largest absolute Gasteiger partial charge is 0.304 e. The van der Waals surface area contributed by atoms with Gasteiger partial charge in [-0.2, -0.15) is 0 Å². The zero-order valence-electron chi connectivity index (χ0n) is 11.0. The van der Waals surface area contributed by atoms with Gasteiger partial charge in [0, 0.05) is 18.2 Å². The molecule has 0 fully saturated rings. The van der Waals surface area contributed by atoms with Crippen LogP contribution in [0, 0.1) is 11.6 Å². The molecule has 0 radical (unpaired) electrons. The van der Waals surface area contributed by atoms with Gasteiger partial charge in [0.2, 0.25) is 0 Å². The van der Waals surface area contributed by atoms with Crippen molar-refractivity contribution < 1.29 is 8.78 Å². The van der Waals surface area contributed by atoms with Crippen LogP contribution in [0.1, 0.15) is 37.1 Å². The highest BCUT2D eigenvalue weighted by Crippen LogP contribution is 2.20. The third kappa shape index (κ3) is 3.61. The third-order valence-corrected chi connectivity index (χ3v) is 3.18. The molecular formula is C16H17F2N. The van der Waals surface area contributed by atoms with E-state index in [1.807, 2.05) is 44.2 Å². The van der Waals surface area contributed by atoms with Crippen molar-refractivity contribution in [3.8, 4) is 0 Å². The fraction of sp³-hybridized carbons (Fsp3) is 0.250. The molecule has 0 bridgehead atoms. The zero-order valence-corrected chi connectivity index (χ0v) is 11.0. The summed E-state index contributed by atoms with van der Waals surface area (Å²) in [6, 6.07) is 13.5. The molecule has 19 heavy (non-hydrogen) atoms. The Bertz CT molecular complexity index is 519. The molecule has 0 aliphatic rings. The van der Waals surface area contributed by atoms with E-state index < -0.39 is 11.6 Å². The number of hydrogen-bond acceptors (Lipinski definition) is 1. The SMILES string of the molecule is C[C@H](N[C@@H](C)c1cc(F)cc(F)c1)c1ccccc1. The summed E-state index contributed by atoms with van der Waals surface area (Å²) in [5.74, 6) is -1.09. The van der Waals surface area contributed by atoms with E-state index in [2.05, 4.69) is 5.32 Å². The summed E-state index contributed by atoms with van der Waals surface area (Å²) >= 11 is 0. The van der Waals surface area contributed by atoms with Crippen LogP contribution in [-0.2, 0) is 0 Å². The lowest BCUT2D eigenvalue weighted by Gasteiger charge is -2.21. The smallest absolute Gasteiger partial charge is 0.126 e. The molecule has 1 nitrogen and oxygen atoms in total. The van der Waals surface area contributed by atoms with E-state index >= 15 is 0 Å². The van der Waals surface area contributed by atoms with Gasteiger partial charge in [0.05, 0.1) is 0 Å². The number of hydrogen-bond donors (Lipinski definition) is 1. The molecule has 0 spiro atoms. The van der Waals surface area contributed by atoms with Crippen LogP contribution in [0.2, 0.25) is 0 Å². The van der Waals surface area contributed by atoms with Crippen LogP contribution in [-0.4, -0.2) is 0 Å². The normalized spacial score (nSPS) is 14.1. The fourth-order valence-electron chi connectivity index (χ4n) is 2.13. The molecule has 0 aliphatic carbocycles.